The monoisotopic (exact) mass is 306 g/mol. The Kier molecular flexibility index (Phi) is 3.32. The third-order valence-corrected chi connectivity index (χ3v) is 9.20. The summed E-state index contributed by atoms with van der Waals surface area (Å²) in [6.45, 7) is 7.01. The van der Waals surface area contributed by atoms with Gasteiger partial charge < -0.3 is 10.2 Å². The molecular formula is C20H34O2. The van der Waals surface area contributed by atoms with E-state index in [0.29, 0.717) is 5.41 Å². The Morgan fingerprint density at radius 2 is 1.55 bits per heavy atom. The molecule has 2 heteroatoms. The third kappa shape index (κ3) is 1.86. The molecule has 4 fully saturated rings. The maximum absolute atomic E-state index is 10.9. The lowest BCUT2D eigenvalue weighted by Gasteiger charge is -2.61. The zero-order chi connectivity index (χ0) is 15.8. The number of rotatable bonds is 0. The van der Waals surface area contributed by atoms with E-state index in [1.54, 1.807) is 0 Å². The molecule has 22 heavy (non-hydrogen) atoms. The number of hydrogen-bond donors (Lipinski definition) is 2. The summed E-state index contributed by atoms with van der Waals surface area (Å²) in [6.07, 6.45) is 10.6. The Balaban J connectivity index is 1.64. The first-order chi connectivity index (χ1) is 10.3. The van der Waals surface area contributed by atoms with Gasteiger partial charge in [-0.15, -0.1) is 0 Å². The predicted octanol–water partition coefficient (Wildman–Crippen LogP) is 4.14. The van der Waals surface area contributed by atoms with Gasteiger partial charge in [-0.1, -0.05) is 13.8 Å². The second-order valence-electron chi connectivity index (χ2n) is 9.85. The van der Waals surface area contributed by atoms with Gasteiger partial charge in [0.05, 0.1) is 11.7 Å². The Labute approximate surface area is 135 Å². The lowest BCUT2D eigenvalue weighted by atomic mass is 9.44. The molecule has 2 nitrogen and oxygen atoms in total. The fourth-order valence-electron chi connectivity index (χ4n) is 7.48. The summed E-state index contributed by atoms with van der Waals surface area (Å²) < 4.78 is 0. The topological polar surface area (TPSA) is 40.5 Å². The summed E-state index contributed by atoms with van der Waals surface area (Å²) in [5.41, 5.74) is 0.145. The van der Waals surface area contributed by atoms with Crippen molar-refractivity contribution in [1.29, 1.82) is 0 Å². The van der Waals surface area contributed by atoms with Crippen LogP contribution in [0.3, 0.4) is 0 Å². The van der Waals surface area contributed by atoms with Gasteiger partial charge in [-0.3, -0.25) is 0 Å². The van der Waals surface area contributed by atoms with Crippen LogP contribution in [0.15, 0.2) is 0 Å². The van der Waals surface area contributed by atoms with Gasteiger partial charge in [0.25, 0.3) is 0 Å². The highest BCUT2D eigenvalue weighted by Gasteiger charge is 2.63. The molecule has 4 aliphatic rings. The fourth-order valence-corrected chi connectivity index (χ4v) is 7.48. The number of aliphatic hydroxyl groups is 2. The second kappa shape index (κ2) is 4.72. The van der Waals surface area contributed by atoms with Crippen LogP contribution in [0.2, 0.25) is 0 Å². The molecule has 4 aliphatic carbocycles. The van der Waals surface area contributed by atoms with Gasteiger partial charge in [-0.05, 0) is 99.2 Å². The summed E-state index contributed by atoms with van der Waals surface area (Å²) in [7, 11) is 0. The Bertz CT molecular complexity index is 459. The standard InChI is InChI=1S/C20H34O2/c1-18-9-6-14(21)12-13(18)4-5-15-16(18)7-10-19(2)17(15)8-11-20(19,3)22/h13-17,21-22H,4-12H2,1-3H3/t13-,14-,15-,16+,17+,18-,19-,20+/m1/s1. The molecule has 0 aromatic rings. The van der Waals surface area contributed by atoms with Crippen LogP contribution in [0, 0.1) is 34.5 Å². The fraction of sp³-hybridized carbons (Fsp3) is 1.00. The van der Waals surface area contributed by atoms with E-state index < -0.39 is 5.60 Å². The second-order valence-corrected chi connectivity index (χ2v) is 9.85. The van der Waals surface area contributed by atoms with Crippen molar-refractivity contribution in [1.82, 2.24) is 0 Å². The van der Waals surface area contributed by atoms with Crippen LogP contribution in [0.5, 0.6) is 0 Å². The zero-order valence-electron chi connectivity index (χ0n) is 14.6. The number of fused-ring (bicyclic) bond motifs is 5. The largest absolute Gasteiger partial charge is 0.393 e. The van der Waals surface area contributed by atoms with Crippen molar-refractivity contribution in [3.8, 4) is 0 Å². The van der Waals surface area contributed by atoms with Crippen LogP contribution in [-0.2, 0) is 0 Å². The van der Waals surface area contributed by atoms with Gasteiger partial charge in [0.2, 0.25) is 0 Å². The molecule has 8 atom stereocenters. The van der Waals surface area contributed by atoms with E-state index in [1.807, 2.05) is 0 Å². The summed E-state index contributed by atoms with van der Waals surface area (Å²) in [5.74, 6) is 3.13. The van der Waals surface area contributed by atoms with E-state index in [-0.39, 0.29) is 11.5 Å². The van der Waals surface area contributed by atoms with Crippen LogP contribution in [-0.4, -0.2) is 21.9 Å². The molecule has 4 saturated carbocycles. The Hall–Kier alpha value is -0.0800. The molecule has 0 spiro atoms. The summed E-state index contributed by atoms with van der Waals surface area (Å²) in [5, 5.41) is 21.0. The lowest BCUT2D eigenvalue weighted by molar-refractivity contribution is -0.153. The highest BCUT2D eigenvalue weighted by atomic mass is 16.3. The molecule has 0 heterocycles. The first-order valence-electron chi connectivity index (χ1n) is 9.68. The van der Waals surface area contributed by atoms with Crippen LogP contribution in [0.4, 0.5) is 0 Å². The molecule has 0 aromatic heterocycles. The molecule has 0 amide bonds. The maximum atomic E-state index is 10.9. The molecule has 0 saturated heterocycles. The first-order valence-corrected chi connectivity index (χ1v) is 9.68. The third-order valence-electron chi connectivity index (χ3n) is 9.20. The molecule has 0 unspecified atom stereocenters. The average molecular weight is 306 g/mol. The quantitative estimate of drug-likeness (QED) is 0.706. The van der Waals surface area contributed by atoms with Crippen molar-refractivity contribution in [3.05, 3.63) is 0 Å². The highest BCUT2D eigenvalue weighted by Crippen LogP contribution is 2.68. The van der Waals surface area contributed by atoms with Gasteiger partial charge in [0.15, 0.2) is 0 Å². The molecule has 126 valence electrons. The average Bonchev–Trinajstić information content (AvgIpc) is 2.70. The molecule has 0 radical (unpaired) electrons. The van der Waals surface area contributed by atoms with Gasteiger partial charge in [-0.25, -0.2) is 0 Å². The minimum atomic E-state index is -0.455. The van der Waals surface area contributed by atoms with E-state index in [9.17, 15) is 10.2 Å². The molecule has 4 rings (SSSR count). The lowest BCUT2D eigenvalue weighted by Crippen LogP contribution is -2.56. The van der Waals surface area contributed by atoms with Crippen LogP contribution < -0.4 is 0 Å². The minimum Gasteiger partial charge on any atom is -0.393 e. The van der Waals surface area contributed by atoms with E-state index in [1.165, 1.54) is 38.5 Å². The van der Waals surface area contributed by atoms with E-state index in [4.69, 9.17) is 0 Å². The van der Waals surface area contributed by atoms with E-state index in [2.05, 4.69) is 20.8 Å². The van der Waals surface area contributed by atoms with Gasteiger partial charge >= 0.3 is 0 Å². The number of aliphatic hydroxyl groups excluding tert-OH is 1. The maximum Gasteiger partial charge on any atom is 0.0675 e. The SMILES string of the molecule is C[C@@]12CC[C@@H](O)C[C@H]1CC[C@@H]1[C@@H]2CC[C@]2(C)[C@H]1CC[C@]2(C)O. The molecular weight excluding hydrogens is 272 g/mol. The van der Waals surface area contributed by atoms with Crippen molar-refractivity contribution in [2.24, 2.45) is 34.5 Å². The van der Waals surface area contributed by atoms with Gasteiger partial charge in [-0.2, -0.15) is 0 Å². The molecule has 0 aromatic carbocycles. The van der Waals surface area contributed by atoms with Crippen molar-refractivity contribution in [2.45, 2.75) is 90.3 Å². The van der Waals surface area contributed by atoms with Crippen LogP contribution in [0.1, 0.15) is 78.6 Å². The normalized spacial score (nSPS) is 61.2. The smallest absolute Gasteiger partial charge is 0.0675 e. The predicted molar refractivity (Wildman–Crippen MR) is 88.4 cm³/mol. The Morgan fingerprint density at radius 1 is 0.818 bits per heavy atom. The van der Waals surface area contributed by atoms with Crippen molar-refractivity contribution < 1.29 is 10.2 Å². The van der Waals surface area contributed by atoms with Crippen molar-refractivity contribution in [3.63, 3.8) is 0 Å². The van der Waals surface area contributed by atoms with Crippen LogP contribution in [0.25, 0.3) is 0 Å². The highest BCUT2D eigenvalue weighted by molar-refractivity contribution is 5.12. The van der Waals surface area contributed by atoms with Gasteiger partial charge in [0, 0.05) is 0 Å². The summed E-state index contributed by atoms with van der Waals surface area (Å²) in [6, 6.07) is 0. The molecule has 2 N–H and O–H groups in total. The molecule has 0 bridgehead atoms. The first kappa shape index (κ1) is 15.4. The zero-order valence-corrected chi connectivity index (χ0v) is 14.6. The number of hydrogen-bond acceptors (Lipinski definition) is 2. The van der Waals surface area contributed by atoms with Crippen molar-refractivity contribution in [2.75, 3.05) is 0 Å². The Morgan fingerprint density at radius 3 is 2.32 bits per heavy atom. The van der Waals surface area contributed by atoms with Crippen LogP contribution >= 0.6 is 0 Å². The van der Waals surface area contributed by atoms with E-state index in [0.717, 1.165) is 42.9 Å². The summed E-state index contributed by atoms with van der Waals surface area (Å²) >= 11 is 0. The summed E-state index contributed by atoms with van der Waals surface area (Å²) in [4.78, 5) is 0. The van der Waals surface area contributed by atoms with E-state index >= 15 is 0 Å². The minimum absolute atomic E-state index is 0.0457. The van der Waals surface area contributed by atoms with Gasteiger partial charge in [0.1, 0.15) is 0 Å². The molecule has 0 aliphatic heterocycles. The van der Waals surface area contributed by atoms with Crippen molar-refractivity contribution >= 4 is 0 Å².